The molecule has 1 aromatic carbocycles. The summed E-state index contributed by atoms with van der Waals surface area (Å²) in [6.07, 6.45) is 9.82. The third-order valence-electron chi connectivity index (χ3n) is 8.95. The average molecular weight is 521 g/mol. The van der Waals surface area contributed by atoms with Crippen LogP contribution in [0.3, 0.4) is 0 Å². The predicted molar refractivity (Wildman–Crippen MR) is 149 cm³/mol. The summed E-state index contributed by atoms with van der Waals surface area (Å²) in [5, 5.41) is 9.25. The van der Waals surface area contributed by atoms with Crippen molar-refractivity contribution < 1.29 is 14.4 Å². The maximum Gasteiger partial charge on any atom is 0.245 e. The zero-order valence-corrected chi connectivity index (χ0v) is 23.6. The van der Waals surface area contributed by atoms with Crippen LogP contribution >= 0.6 is 0 Å². The van der Waals surface area contributed by atoms with Crippen LogP contribution in [-0.4, -0.2) is 57.3 Å². The van der Waals surface area contributed by atoms with E-state index in [1.54, 1.807) is 11.6 Å². The molecule has 1 saturated heterocycles. The summed E-state index contributed by atoms with van der Waals surface area (Å²) in [6.45, 7) is 9.80. The number of piperidine rings is 1. The number of ketones is 2. The highest BCUT2D eigenvalue weighted by Gasteiger charge is 2.66. The van der Waals surface area contributed by atoms with E-state index in [0.29, 0.717) is 18.0 Å². The lowest BCUT2D eigenvalue weighted by atomic mass is 9.95. The minimum Gasteiger partial charge on any atom is -0.327 e. The van der Waals surface area contributed by atoms with Crippen molar-refractivity contribution in [3.8, 4) is 0 Å². The normalized spacial score (nSPS) is 26.4. The van der Waals surface area contributed by atoms with Gasteiger partial charge in [0.05, 0.1) is 11.6 Å². The lowest BCUT2D eigenvalue weighted by Gasteiger charge is -2.26. The van der Waals surface area contributed by atoms with Crippen molar-refractivity contribution >= 4 is 28.4 Å². The number of rotatable bonds is 5. The first-order valence-electron chi connectivity index (χ1n) is 14.8. The molecule has 5 rings (SSSR count). The molecule has 3 heterocycles. The van der Waals surface area contributed by atoms with Crippen molar-refractivity contribution in [3.63, 3.8) is 0 Å². The number of nitrogens with zero attached hydrogens (tertiary/aromatic N) is 3. The van der Waals surface area contributed by atoms with E-state index in [1.807, 2.05) is 11.8 Å². The van der Waals surface area contributed by atoms with Crippen LogP contribution in [0, 0.1) is 11.3 Å². The van der Waals surface area contributed by atoms with E-state index >= 15 is 0 Å². The van der Waals surface area contributed by atoms with Crippen molar-refractivity contribution in [1.82, 2.24) is 20.0 Å². The van der Waals surface area contributed by atoms with Crippen molar-refractivity contribution in [2.75, 3.05) is 13.1 Å². The van der Waals surface area contributed by atoms with Crippen LogP contribution in [0.1, 0.15) is 101 Å². The quantitative estimate of drug-likeness (QED) is 0.569. The maximum absolute atomic E-state index is 13.9. The van der Waals surface area contributed by atoms with Crippen LogP contribution < -0.4 is 5.32 Å². The van der Waals surface area contributed by atoms with Gasteiger partial charge in [0.25, 0.3) is 0 Å². The van der Waals surface area contributed by atoms with Gasteiger partial charge in [-0.3, -0.25) is 19.1 Å². The van der Waals surface area contributed by atoms with Crippen LogP contribution in [-0.2, 0) is 29.0 Å². The number of aromatic nitrogens is 2. The Morgan fingerprint density at radius 3 is 2.63 bits per heavy atom. The van der Waals surface area contributed by atoms with Gasteiger partial charge in [0.15, 0.2) is 11.6 Å². The summed E-state index contributed by atoms with van der Waals surface area (Å²) in [5.74, 6) is 0.515. The molecule has 1 amide bonds. The fourth-order valence-corrected chi connectivity index (χ4v) is 7.02. The van der Waals surface area contributed by atoms with Crippen molar-refractivity contribution in [3.05, 3.63) is 29.0 Å². The number of hydrogen-bond donors (Lipinski definition) is 1. The Morgan fingerprint density at radius 1 is 1.13 bits per heavy atom. The molecular weight excluding hydrogens is 476 g/mol. The van der Waals surface area contributed by atoms with E-state index < -0.39 is 0 Å². The molecule has 3 atom stereocenters. The molecular formula is C31H44N4O3. The van der Waals surface area contributed by atoms with Gasteiger partial charge in [-0.25, -0.2) is 0 Å². The van der Waals surface area contributed by atoms with Crippen LogP contribution in [0.25, 0.3) is 10.9 Å². The fourth-order valence-electron chi connectivity index (χ4n) is 7.02. The van der Waals surface area contributed by atoms with Gasteiger partial charge in [0, 0.05) is 36.7 Å². The van der Waals surface area contributed by atoms with Crippen molar-refractivity contribution in [2.45, 2.75) is 111 Å². The molecule has 0 spiro atoms. The van der Waals surface area contributed by atoms with Gasteiger partial charge >= 0.3 is 0 Å². The van der Waals surface area contributed by atoms with Crippen LogP contribution in [0.5, 0.6) is 0 Å². The largest absolute Gasteiger partial charge is 0.327 e. The number of amides is 1. The first-order valence-corrected chi connectivity index (χ1v) is 14.8. The van der Waals surface area contributed by atoms with E-state index in [1.165, 1.54) is 30.4 Å². The molecule has 206 valence electrons. The summed E-state index contributed by atoms with van der Waals surface area (Å²) in [7, 11) is 0. The minimum absolute atomic E-state index is 0.0206. The third-order valence-corrected chi connectivity index (χ3v) is 8.95. The number of Topliss-reactive ketones (excluding diaryl/α,β-unsaturated/α-hetero) is 2. The van der Waals surface area contributed by atoms with Crippen LogP contribution in [0.2, 0.25) is 0 Å². The van der Waals surface area contributed by atoms with Gasteiger partial charge in [-0.2, -0.15) is 5.10 Å². The molecule has 2 aromatic rings. The highest BCUT2D eigenvalue weighted by atomic mass is 16.2. The predicted octanol–water partition coefficient (Wildman–Crippen LogP) is 4.87. The summed E-state index contributed by atoms with van der Waals surface area (Å²) in [6, 6.07) is 4.16. The lowest BCUT2D eigenvalue weighted by molar-refractivity contribution is -0.139. The van der Waals surface area contributed by atoms with Gasteiger partial charge in [-0.1, -0.05) is 46.1 Å². The highest BCUT2D eigenvalue weighted by Crippen LogP contribution is 2.59. The molecule has 7 heteroatoms. The Morgan fingerprint density at radius 2 is 1.89 bits per heavy atom. The molecule has 1 N–H and O–H groups in total. The first kappa shape index (κ1) is 27.0. The van der Waals surface area contributed by atoms with E-state index in [4.69, 9.17) is 5.10 Å². The van der Waals surface area contributed by atoms with Gasteiger partial charge in [0.2, 0.25) is 5.91 Å². The van der Waals surface area contributed by atoms with Gasteiger partial charge in [0.1, 0.15) is 12.2 Å². The van der Waals surface area contributed by atoms with Crippen LogP contribution in [0.15, 0.2) is 12.1 Å². The average Bonchev–Trinajstić information content (AvgIpc) is 3.27. The Labute approximate surface area is 226 Å². The number of aryl methyl sites for hydroxylation is 1. The summed E-state index contributed by atoms with van der Waals surface area (Å²) >= 11 is 0. The topological polar surface area (TPSA) is 84.3 Å². The second kappa shape index (κ2) is 10.9. The van der Waals surface area contributed by atoms with Gasteiger partial charge < -0.3 is 10.2 Å². The Hall–Kier alpha value is -2.54. The first-order chi connectivity index (χ1) is 18.2. The Kier molecular flexibility index (Phi) is 7.77. The number of carbonyl (C=O) groups excluding carboxylic acids is 3. The number of carbonyl (C=O) groups is 3. The summed E-state index contributed by atoms with van der Waals surface area (Å²) < 4.78 is 1.77. The van der Waals surface area contributed by atoms with E-state index in [2.05, 4.69) is 31.3 Å². The zero-order valence-electron chi connectivity index (χ0n) is 23.6. The van der Waals surface area contributed by atoms with Gasteiger partial charge in [-0.05, 0) is 68.2 Å². The van der Waals surface area contributed by atoms with Gasteiger partial charge in [-0.15, -0.1) is 0 Å². The molecule has 3 aliphatic rings. The smallest absolute Gasteiger partial charge is 0.245 e. The van der Waals surface area contributed by atoms with E-state index in [0.717, 1.165) is 62.5 Å². The molecule has 7 nitrogen and oxygen atoms in total. The molecule has 2 aliphatic heterocycles. The second-order valence-corrected chi connectivity index (χ2v) is 12.4. The molecule has 1 aliphatic carbocycles. The third kappa shape index (κ3) is 5.18. The number of benzene rings is 1. The minimum atomic E-state index is -0.349. The number of hydrogen-bond acceptors (Lipinski definition) is 5. The molecule has 2 fully saturated rings. The second-order valence-electron chi connectivity index (χ2n) is 12.4. The molecule has 38 heavy (non-hydrogen) atoms. The van der Waals surface area contributed by atoms with E-state index in [9.17, 15) is 14.4 Å². The van der Waals surface area contributed by atoms with Crippen molar-refractivity contribution in [2.24, 2.45) is 11.3 Å². The Balaban J connectivity index is 1.56. The molecule has 0 radical (unpaired) electrons. The summed E-state index contributed by atoms with van der Waals surface area (Å²) in [5.41, 5.74) is 3.79. The highest BCUT2D eigenvalue weighted by molar-refractivity contribution is 6.06. The molecule has 1 aromatic heterocycles. The molecule has 0 unspecified atom stereocenters. The maximum atomic E-state index is 13.9. The zero-order chi connectivity index (χ0) is 27.0. The van der Waals surface area contributed by atoms with Crippen LogP contribution in [0.4, 0.5) is 0 Å². The van der Waals surface area contributed by atoms with Crippen molar-refractivity contribution in [1.29, 1.82) is 0 Å². The molecule has 1 saturated carbocycles. The standard InChI is InChI=1S/C31H44N4O3/c1-5-26(37)25-16-31-17-27(31)35(25)28(38)18-34-30-23(11-9-7-6-8-10-12-32-19-31)14-22(13-20(2)3)15-24(30)29(33-34)21(4)36/h14-15,20,25,27,32H,5-13,16-19H2,1-4H3/t25-,27+,31-/m0/s1. The molecule has 2 bridgehead atoms. The fraction of sp³-hybridized carbons (Fsp3) is 0.677. The SMILES string of the molecule is CCC(=O)[C@@H]1C[C@]23CNCCCCCCCc4cc(CC(C)C)cc5c(C(C)=O)nn(c45)CC(=O)N1[C@@H]2C3. The lowest BCUT2D eigenvalue weighted by Crippen LogP contribution is -2.44. The van der Waals surface area contributed by atoms with E-state index in [-0.39, 0.29) is 41.5 Å². The number of nitrogens with one attached hydrogen (secondary N) is 1. The monoisotopic (exact) mass is 520 g/mol. The Bertz CT molecular complexity index is 1230. The summed E-state index contributed by atoms with van der Waals surface area (Å²) in [4.78, 5) is 41.5.